The summed E-state index contributed by atoms with van der Waals surface area (Å²) in [5.74, 6) is 0. The topological polar surface area (TPSA) is 41.5 Å². The van der Waals surface area contributed by atoms with Crippen LogP contribution in [0.4, 0.5) is 13.2 Å². The number of alkyl halides is 3. The van der Waals surface area contributed by atoms with Gasteiger partial charge in [0.15, 0.2) is 0 Å². The molecule has 1 aromatic carbocycles. The highest BCUT2D eigenvalue weighted by molar-refractivity contribution is 5.27. The molecule has 6 heteroatoms. The van der Waals surface area contributed by atoms with Gasteiger partial charge in [0.1, 0.15) is 0 Å². The van der Waals surface area contributed by atoms with Crippen molar-refractivity contribution >= 4 is 0 Å². The standard InChI is InChI=1S/C14H18F3NO2/c1-13(5-6-20-9-13)18-8-12(19)10-3-2-4-11(7-10)14(15,16)17/h2-4,7,12,18-19H,5-6,8-9H2,1H3. The Hall–Kier alpha value is -1.11. The summed E-state index contributed by atoms with van der Waals surface area (Å²) in [6.07, 6.45) is -4.55. The number of hydrogen-bond donors (Lipinski definition) is 2. The number of β-amino-alcohol motifs (C(OH)–C–C–N with tert-alkyl or cyclic N) is 1. The average Bonchev–Trinajstić information content (AvgIpc) is 2.83. The molecular weight excluding hydrogens is 271 g/mol. The lowest BCUT2D eigenvalue weighted by Gasteiger charge is -2.25. The molecule has 20 heavy (non-hydrogen) atoms. The highest BCUT2D eigenvalue weighted by Crippen LogP contribution is 2.30. The Bertz CT molecular complexity index is 456. The summed E-state index contributed by atoms with van der Waals surface area (Å²) >= 11 is 0. The summed E-state index contributed by atoms with van der Waals surface area (Å²) < 4.78 is 43.1. The van der Waals surface area contributed by atoms with Gasteiger partial charge in [0.05, 0.1) is 18.3 Å². The number of aliphatic hydroxyl groups is 1. The molecular formula is C14H18F3NO2. The van der Waals surface area contributed by atoms with Crippen molar-refractivity contribution in [3.63, 3.8) is 0 Å². The molecule has 0 bridgehead atoms. The quantitative estimate of drug-likeness (QED) is 0.895. The SMILES string of the molecule is CC1(NCC(O)c2cccc(C(F)(F)F)c2)CCOC1. The first-order valence-electron chi connectivity index (χ1n) is 6.48. The highest BCUT2D eigenvalue weighted by Gasteiger charge is 2.32. The van der Waals surface area contributed by atoms with Crippen molar-refractivity contribution < 1.29 is 23.0 Å². The van der Waals surface area contributed by atoms with Gasteiger partial charge in [0.25, 0.3) is 0 Å². The molecule has 1 saturated heterocycles. The van der Waals surface area contributed by atoms with Crippen molar-refractivity contribution in [2.45, 2.75) is 31.2 Å². The van der Waals surface area contributed by atoms with E-state index < -0.39 is 17.8 Å². The number of halogens is 3. The molecule has 1 aliphatic heterocycles. The van der Waals surface area contributed by atoms with E-state index in [2.05, 4.69) is 5.32 Å². The van der Waals surface area contributed by atoms with Crippen LogP contribution in [0.25, 0.3) is 0 Å². The number of aliphatic hydroxyl groups excluding tert-OH is 1. The van der Waals surface area contributed by atoms with E-state index in [-0.39, 0.29) is 17.6 Å². The van der Waals surface area contributed by atoms with Crippen LogP contribution in [0.15, 0.2) is 24.3 Å². The minimum atomic E-state index is -4.39. The van der Waals surface area contributed by atoms with Gasteiger partial charge in [-0.05, 0) is 31.0 Å². The lowest BCUT2D eigenvalue weighted by Crippen LogP contribution is -2.44. The smallest absolute Gasteiger partial charge is 0.387 e. The second kappa shape index (κ2) is 5.71. The van der Waals surface area contributed by atoms with Crippen LogP contribution in [-0.4, -0.2) is 30.4 Å². The lowest BCUT2D eigenvalue weighted by molar-refractivity contribution is -0.137. The Kier molecular flexibility index (Phi) is 4.36. The van der Waals surface area contributed by atoms with Crippen molar-refractivity contribution in [3.8, 4) is 0 Å². The fourth-order valence-electron chi connectivity index (χ4n) is 2.19. The van der Waals surface area contributed by atoms with Crippen LogP contribution in [0.2, 0.25) is 0 Å². The Morgan fingerprint density at radius 3 is 2.80 bits per heavy atom. The normalized spacial score (nSPS) is 24.9. The Morgan fingerprint density at radius 1 is 1.45 bits per heavy atom. The molecule has 0 saturated carbocycles. The van der Waals surface area contributed by atoms with E-state index in [9.17, 15) is 18.3 Å². The number of rotatable bonds is 4. The van der Waals surface area contributed by atoms with Crippen molar-refractivity contribution in [3.05, 3.63) is 35.4 Å². The predicted molar refractivity (Wildman–Crippen MR) is 68.2 cm³/mol. The summed E-state index contributed by atoms with van der Waals surface area (Å²) in [7, 11) is 0. The third-order valence-corrected chi connectivity index (χ3v) is 3.54. The highest BCUT2D eigenvalue weighted by atomic mass is 19.4. The molecule has 2 atom stereocenters. The maximum atomic E-state index is 12.6. The fourth-order valence-corrected chi connectivity index (χ4v) is 2.19. The van der Waals surface area contributed by atoms with Crippen molar-refractivity contribution in [2.24, 2.45) is 0 Å². The zero-order chi connectivity index (χ0) is 14.8. The lowest BCUT2D eigenvalue weighted by atomic mass is 10.00. The van der Waals surface area contributed by atoms with E-state index >= 15 is 0 Å². The van der Waals surface area contributed by atoms with Gasteiger partial charge in [-0.2, -0.15) is 13.2 Å². The van der Waals surface area contributed by atoms with Crippen LogP contribution >= 0.6 is 0 Å². The minimum absolute atomic E-state index is 0.196. The van der Waals surface area contributed by atoms with E-state index in [0.717, 1.165) is 18.6 Å². The Balaban J connectivity index is 2.00. The van der Waals surface area contributed by atoms with E-state index in [1.807, 2.05) is 6.92 Å². The monoisotopic (exact) mass is 289 g/mol. The minimum Gasteiger partial charge on any atom is -0.387 e. The van der Waals surface area contributed by atoms with Crippen LogP contribution in [-0.2, 0) is 10.9 Å². The molecule has 0 spiro atoms. The summed E-state index contributed by atoms with van der Waals surface area (Å²) in [6, 6.07) is 4.78. The van der Waals surface area contributed by atoms with Crippen LogP contribution in [0.1, 0.15) is 30.6 Å². The van der Waals surface area contributed by atoms with Crippen molar-refractivity contribution in [1.82, 2.24) is 5.32 Å². The summed E-state index contributed by atoms with van der Waals surface area (Å²) in [5, 5.41) is 13.2. The second-order valence-electron chi connectivity index (χ2n) is 5.38. The molecule has 1 aliphatic rings. The zero-order valence-electron chi connectivity index (χ0n) is 11.2. The molecule has 2 N–H and O–H groups in total. The largest absolute Gasteiger partial charge is 0.416 e. The first kappa shape index (κ1) is 15.3. The van der Waals surface area contributed by atoms with E-state index in [4.69, 9.17) is 4.74 Å². The van der Waals surface area contributed by atoms with Crippen LogP contribution in [0, 0.1) is 0 Å². The molecule has 2 unspecified atom stereocenters. The van der Waals surface area contributed by atoms with Gasteiger partial charge in [0, 0.05) is 18.7 Å². The number of hydrogen-bond acceptors (Lipinski definition) is 3. The summed E-state index contributed by atoms with van der Waals surface area (Å²) in [5.41, 5.74) is -0.706. The molecule has 1 heterocycles. The molecule has 0 radical (unpaired) electrons. The van der Waals surface area contributed by atoms with E-state index in [1.54, 1.807) is 0 Å². The number of ether oxygens (including phenoxy) is 1. The van der Waals surface area contributed by atoms with E-state index in [0.29, 0.717) is 13.2 Å². The van der Waals surface area contributed by atoms with E-state index in [1.165, 1.54) is 12.1 Å². The van der Waals surface area contributed by atoms with Crippen LogP contribution < -0.4 is 5.32 Å². The third-order valence-electron chi connectivity index (χ3n) is 3.54. The zero-order valence-corrected chi connectivity index (χ0v) is 11.2. The first-order valence-corrected chi connectivity index (χ1v) is 6.48. The van der Waals surface area contributed by atoms with Gasteiger partial charge in [-0.25, -0.2) is 0 Å². The molecule has 1 fully saturated rings. The third kappa shape index (κ3) is 3.71. The maximum absolute atomic E-state index is 12.6. The Morgan fingerprint density at radius 2 is 2.20 bits per heavy atom. The molecule has 112 valence electrons. The first-order chi connectivity index (χ1) is 9.30. The molecule has 0 aliphatic carbocycles. The average molecular weight is 289 g/mol. The van der Waals surface area contributed by atoms with Crippen molar-refractivity contribution in [1.29, 1.82) is 0 Å². The van der Waals surface area contributed by atoms with Crippen LogP contribution in [0.5, 0.6) is 0 Å². The van der Waals surface area contributed by atoms with Gasteiger partial charge in [-0.15, -0.1) is 0 Å². The predicted octanol–water partition coefficient (Wildman–Crippen LogP) is 2.51. The van der Waals surface area contributed by atoms with Gasteiger partial charge in [0.2, 0.25) is 0 Å². The summed E-state index contributed by atoms with van der Waals surface area (Å²) in [6.45, 7) is 3.37. The molecule has 0 aromatic heterocycles. The fraction of sp³-hybridized carbons (Fsp3) is 0.571. The number of nitrogens with one attached hydrogen (secondary N) is 1. The van der Waals surface area contributed by atoms with Crippen molar-refractivity contribution in [2.75, 3.05) is 19.8 Å². The maximum Gasteiger partial charge on any atom is 0.416 e. The molecule has 0 amide bonds. The van der Waals surface area contributed by atoms with Gasteiger partial charge < -0.3 is 15.2 Å². The molecule has 1 aromatic rings. The second-order valence-corrected chi connectivity index (χ2v) is 5.38. The number of benzene rings is 1. The van der Waals surface area contributed by atoms with Crippen LogP contribution in [0.3, 0.4) is 0 Å². The Labute approximate surface area is 115 Å². The molecule has 2 rings (SSSR count). The van der Waals surface area contributed by atoms with Gasteiger partial charge in [-0.1, -0.05) is 12.1 Å². The van der Waals surface area contributed by atoms with Gasteiger partial charge in [-0.3, -0.25) is 0 Å². The molecule has 3 nitrogen and oxygen atoms in total. The summed E-state index contributed by atoms with van der Waals surface area (Å²) in [4.78, 5) is 0. The van der Waals surface area contributed by atoms with Gasteiger partial charge >= 0.3 is 6.18 Å².